The Morgan fingerprint density at radius 1 is 1.39 bits per heavy atom. The van der Waals surface area contributed by atoms with Crippen molar-refractivity contribution in [3.63, 3.8) is 0 Å². The number of nitrogens with two attached hydrogens (primary N) is 1. The van der Waals surface area contributed by atoms with E-state index in [2.05, 4.69) is 10.3 Å². The van der Waals surface area contributed by atoms with Gasteiger partial charge in [0.2, 0.25) is 5.91 Å². The fourth-order valence-electron chi connectivity index (χ4n) is 2.99. The maximum atomic E-state index is 12.2. The van der Waals surface area contributed by atoms with E-state index in [1.54, 1.807) is 6.26 Å². The number of amides is 1. The first-order valence-corrected chi connectivity index (χ1v) is 8.14. The van der Waals surface area contributed by atoms with Crippen LogP contribution in [0.25, 0.3) is 0 Å². The van der Waals surface area contributed by atoms with Crippen molar-refractivity contribution in [2.45, 2.75) is 38.8 Å². The Hall–Kier alpha value is -2.15. The van der Waals surface area contributed by atoms with Gasteiger partial charge in [0.05, 0.1) is 12.0 Å². The molecule has 3 rings (SSSR count). The predicted molar refractivity (Wildman–Crippen MR) is 84.2 cm³/mol. The Labute approximate surface area is 135 Å². The van der Waals surface area contributed by atoms with Gasteiger partial charge in [-0.05, 0) is 30.9 Å². The van der Waals surface area contributed by atoms with Crippen LogP contribution in [-0.2, 0) is 24.3 Å². The number of piperidine rings is 1. The molecule has 1 amide bonds. The third-order valence-electron chi connectivity index (χ3n) is 4.37. The van der Waals surface area contributed by atoms with Crippen LogP contribution in [0.15, 0.2) is 29.0 Å². The number of likely N-dealkylation sites (tertiary alicyclic amines) is 1. The molecule has 3 heterocycles. The quantitative estimate of drug-likeness (QED) is 0.864. The maximum Gasteiger partial charge on any atom is 0.223 e. The molecule has 2 aromatic heterocycles. The molecule has 124 valence electrons. The van der Waals surface area contributed by atoms with E-state index in [1.165, 1.54) is 0 Å². The zero-order chi connectivity index (χ0) is 16.1. The van der Waals surface area contributed by atoms with Gasteiger partial charge in [-0.2, -0.15) is 0 Å². The lowest BCUT2D eigenvalue weighted by Crippen LogP contribution is -2.39. The van der Waals surface area contributed by atoms with Crippen LogP contribution in [0.3, 0.4) is 0 Å². The van der Waals surface area contributed by atoms with Crippen molar-refractivity contribution in [3.8, 4) is 0 Å². The number of aryl methyl sites for hydroxylation is 1. The molecule has 0 saturated carbocycles. The predicted octanol–water partition coefficient (Wildman–Crippen LogP) is 1.20. The van der Waals surface area contributed by atoms with E-state index in [0.29, 0.717) is 25.3 Å². The summed E-state index contributed by atoms with van der Waals surface area (Å²) in [6.07, 6.45) is 6.74. The summed E-state index contributed by atoms with van der Waals surface area (Å²) in [4.78, 5) is 14.2. The Balaban J connectivity index is 1.41. The smallest absolute Gasteiger partial charge is 0.223 e. The van der Waals surface area contributed by atoms with Crippen molar-refractivity contribution in [3.05, 3.63) is 36.0 Å². The van der Waals surface area contributed by atoms with Crippen LogP contribution < -0.4 is 5.73 Å². The molecule has 1 fully saturated rings. The molecule has 2 N–H and O–H groups in total. The normalized spacial score (nSPS) is 16.0. The summed E-state index contributed by atoms with van der Waals surface area (Å²) in [5, 5.41) is 8.10. The maximum absolute atomic E-state index is 12.2. The van der Waals surface area contributed by atoms with Crippen molar-refractivity contribution in [1.29, 1.82) is 0 Å². The highest BCUT2D eigenvalue weighted by Gasteiger charge is 2.23. The van der Waals surface area contributed by atoms with Gasteiger partial charge in [0.15, 0.2) is 0 Å². The Morgan fingerprint density at radius 2 is 2.22 bits per heavy atom. The molecule has 1 saturated heterocycles. The largest absolute Gasteiger partial charge is 0.469 e. The molecule has 0 aliphatic carbocycles. The van der Waals surface area contributed by atoms with Gasteiger partial charge in [-0.25, -0.2) is 0 Å². The minimum absolute atomic E-state index is 0.214. The minimum atomic E-state index is 0.214. The molecule has 7 nitrogen and oxygen atoms in total. The molecule has 1 aliphatic rings. The molecule has 0 bridgehead atoms. The molecule has 1 aliphatic heterocycles. The Bertz CT molecular complexity index is 614. The standard InChI is InChI=1S/C16H23N5O2/c17-10-14-12-21(19-18-14)11-13-5-7-20(8-6-13)16(22)4-3-15-2-1-9-23-15/h1-2,9,12-13H,3-8,10-11,17H2. The van der Waals surface area contributed by atoms with Gasteiger partial charge in [0.25, 0.3) is 0 Å². The highest BCUT2D eigenvalue weighted by molar-refractivity contribution is 5.76. The van der Waals surface area contributed by atoms with Gasteiger partial charge in [0.1, 0.15) is 5.76 Å². The molecule has 23 heavy (non-hydrogen) atoms. The topological polar surface area (TPSA) is 90.2 Å². The number of furan rings is 1. The second-order valence-electron chi connectivity index (χ2n) is 6.04. The van der Waals surface area contributed by atoms with Crippen molar-refractivity contribution in [1.82, 2.24) is 19.9 Å². The van der Waals surface area contributed by atoms with Gasteiger partial charge in [-0.15, -0.1) is 5.10 Å². The third kappa shape index (κ3) is 4.19. The van der Waals surface area contributed by atoms with Crippen molar-refractivity contribution in [2.75, 3.05) is 13.1 Å². The molecular weight excluding hydrogens is 294 g/mol. The van der Waals surface area contributed by atoms with Crippen LogP contribution in [0.5, 0.6) is 0 Å². The van der Waals surface area contributed by atoms with E-state index in [0.717, 1.165) is 43.9 Å². The van der Waals surface area contributed by atoms with Crippen molar-refractivity contribution >= 4 is 5.91 Å². The summed E-state index contributed by atoms with van der Waals surface area (Å²) in [7, 11) is 0. The second-order valence-corrected chi connectivity index (χ2v) is 6.04. The van der Waals surface area contributed by atoms with Gasteiger partial charge in [-0.3, -0.25) is 9.48 Å². The monoisotopic (exact) mass is 317 g/mol. The van der Waals surface area contributed by atoms with E-state index in [9.17, 15) is 4.79 Å². The summed E-state index contributed by atoms with van der Waals surface area (Å²) >= 11 is 0. The van der Waals surface area contributed by atoms with Gasteiger partial charge < -0.3 is 15.1 Å². The van der Waals surface area contributed by atoms with Crippen LogP contribution in [-0.4, -0.2) is 38.9 Å². The summed E-state index contributed by atoms with van der Waals surface area (Å²) in [5.41, 5.74) is 6.36. The van der Waals surface area contributed by atoms with Gasteiger partial charge >= 0.3 is 0 Å². The first kappa shape index (κ1) is 15.7. The molecule has 0 spiro atoms. The Kier molecular flexibility index (Phi) is 5.07. The summed E-state index contributed by atoms with van der Waals surface area (Å²) in [5.74, 6) is 1.62. The zero-order valence-electron chi connectivity index (χ0n) is 13.2. The first-order chi connectivity index (χ1) is 11.2. The zero-order valence-corrected chi connectivity index (χ0v) is 13.2. The van der Waals surface area contributed by atoms with Crippen LogP contribution in [0, 0.1) is 5.92 Å². The van der Waals surface area contributed by atoms with Crippen molar-refractivity contribution < 1.29 is 9.21 Å². The van der Waals surface area contributed by atoms with Gasteiger partial charge in [-0.1, -0.05) is 5.21 Å². The SMILES string of the molecule is NCc1cn(CC2CCN(C(=O)CCc3ccco3)CC2)nn1. The first-order valence-electron chi connectivity index (χ1n) is 8.14. The molecule has 0 radical (unpaired) electrons. The van der Waals surface area contributed by atoms with E-state index in [4.69, 9.17) is 10.2 Å². The third-order valence-corrected chi connectivity index (χ3v) is 4.37. The van der Waals surface area contributed by atoms with E-state index in [1.807, 2.05) is 27.9 Å². The molecule has 0 atom stereocenters. The van der Waals surface area contributed by atoms with Crippen LogP contribution >= 0.6 is 0 Å². The number of carbonyl (C=O) groups is 1. The van der Waals surface area contributed by atoms with Crippen LogP contribution in [0.2, 0.25) is 0 Å². The lowest BCUT2D eigenvalue weighted by Gasteiger charge is -2.32. The minimum Gasteiger partial charge on any atom is -0.469 e. The lowest BCUT2D eigenvalue weighted by molar-refractivity contribution is -0.132. The van der Waals surface area contributed by atoms with Crippen LogP contribution in [0.4, 0.5) is 0 Å². The van der Waals surface area contributed by atoms with E-state index < -0.39 is 0 Å². The second kappa shape index (κ2) is 7.41. The van der Waals surface area contributed by atoms with E-state index >= 15 is 0 Å². The lowest BCUT2D eigenvalue weighted by atomic mass is 9.96. The van der Waals surface area contributed by atoms with E-state index in [-0.39, 0.29) is 5.91 Å². The summed E-state index contributed by atoms with van der Waals surface area (Å²) < 4.78 is 7.13. The number of aromatic nitrogens is 3. The number of nitrogens with zero attached hydrogens (tertiary/aromatic N) is 4. The average molecular weight is 317 g/mol. The number of carbonyl (C=O) groups excluding carboxylic acids is 1. The van der Waals surface area contributed by atoms with Crippen LogP contribution in [0.1, 0.15) is 30.7 Å². The number of hydrogen-bond donors (Lipinski definition) is 1. The highest BCUT2D eigenvalue weighted by atomic mass is 16.3. The number of rotatable bonds is 6. The molecule has 0 aromatic carbocycles. The molecular formula is C16H23N5O2. The summed E-state index contributed by atoms with van der Waals surface area (Å²) in [6, 6.07) is 3.76. The average Bonchev–Trinajstić information content (AvgIpc) is 3.25. The fraction of sp³-hybridized carbons (Fsp3) is 0.562. The number of hydrogen-bond acceptors (Lipinski definition) is 5. The molecule has 7 heteroatoms. The highest BCUT2D eigenvalue weighted by Crippen LogP contribution is 2.20. The summed E-state index contributed by atoms with van der Waals surface area (Å²) in [6.45, 7) is 2.91. The molecule has 0 unspecified atom stereocenters. The Morgan fingerprint density at radius 3 is 2.87 bits per heavy atom. The fourth-order valence-corrected chi connectivity index (χ4v) is 2.99. The molecule has 2 aromatic rings. The van der Waals surface area contributed by atoms with Crippen molar-refractivity contribution in [2.24, 2.45) is 11.7 Å². The van der Waals surface area contributed by atoms with Gasteiger partial charge in [0, 0.05) is 45.2 Å².